The maximum absolute atomic E-state index is 6.53. The lowest BCUT2D eigenvalue weighted by atomic mass is 9.72. The third-order valence-electron chi connectivity index (χ3n) is 6.55. The van der Waals surface area contributed by atoms with Crippen LogP contribution < -0.4 is 11.2 Å². The van der Waals surface area contributed by atoms with Crippen molar-refractivity contribution in [3.05, 3.63) is 96.1 Å². The molecule has 152 valence electrons. The number of rotatable bonds is 3. The average Bonchev–Trinajstić information content (AvgIpc) is 3.18. The van der Waals surface area contributed by atoms with Gasteiger partial charge in [-0.2, -0.15) is 5.10 Å². The van der Waals surface area contributed by atoms with E-state index in [0.29, 0.717) is 0 Å². The number of hydrazone groups is 1. The van der Waals surface area contributed by atoms with Crippen LogP contribution in [0.15, 0.2) is 84.4 Å². The largest absolute Gasteiger partial charge is 0.321 e. The quantitative estimate of drug-likeness (QED) is 0.658. The summed E-state index contributed by atoms with van der Waals surface area (Å²) in [7, 11) is 0. The topological polar surface area (TPSA) is 66.5 Å². The molecule has 1 saturated carbocycles. The molecule has 5 heteroatoms. The number of nitrogens with two attached hydrogens (primary N) is 1. The molecule has 0 radical (unpaired) electrons. The van der Waals surface area contributed by atoms with Crippen LogP contribution in [0.1, 0.15) is 36.1 Å². The highest BCUT2D eigenvalue weighted by Gasteiger charge is 2.34. The van der Waals surface area contributed by atoms with Crippen molar-refractivity contribution in [2.45, 2.75) is 24.8 Å². The smallest absolute Gasteiger partial charge is 0.168 e. The van der Waals surface area contributed by atoms with Crippen LogP contribution in [-0.2, 0) is 5.54 Å². The average molecular weight is 406 g/mol. The van der Waals surface area contributed by atoms with Crippen LogP contribution in [0.2, 0.25) is 0 Å². The molecule has 0 spiro atoms. The van der Waals surface area contributed by atoms with E-state index in [4.69, 9.17) is 10.7 Å². The Kier molecular flexibility index (Phi) is 3.88. The number of amidine groups is 1. The van der Waals surface area contributed by atoms with Crippen molar-refractivity contribution in [3.8, 4) is 22.4 Å². The van der Waals surface area contributed by atoms with Gasteiger partial charge in [-0.15, -0.1) is 0 Å². The maximum atomic E-state index is 6.53. The molecule has 0 atom stereocenters. The van der Waals surface area contributed by atoms with Crippen molar-refractivity contribution < 1.29 is 0 Å². The Morgan fingerprint density at radius 2 is 1.74 bits per heavy atom. The van der Waals surface area contributed by atoms with Crippen LogP contribution in [-0.4, -0.2) is 15.7 Å². The molecule has 3 heterocycles. The lowest BCUT2D eigenvalue weighted by Gasteiger charge is -2.38. The number of benzene rings is 2. The normalized spacial score (nSPS) is 18.0. The van der Waals surface area contributed by atoms with E-state index in [-0.39, 0.29) is 5.54 Å². The summed E-state index contributed by atoms with van der Waals surface area (Å²) < 4.78 is 0. The number of hydrogen-bond acceptors (Lipinski definition) is 5. The summed E-state index contributed by atoms with van der Waals surface area (Å²) in [6.45, 7) is 4.02. The van der Waals surface area contributed by atoms with Crippen LogP contribution in [0.3, 0.4) is 0 Å². The Balaban J connectivity index is 1.51. The van der Waals surface area contributed by atoms with E-state index in [9.17, 15) is 0 Å². The Morgan fingerprint density at radius 3 is 2.45 bits per heavy atom. The summed E-state index contributed by atoms with van der Waals surface area (Å²) in [6.07, 6.45) is 7.29. The van der Waals surface area contributed by atoms with Crippen LogP contribution in [0.5, 0.6) is 0 Å². The first-order chi connectivity index (χ1) is 15.1. The summed E-state index contributed by atoms with van der Waals surface area (Å²) >= 11 is 0. The van der Waals surface area contributed by atoms with E-state index < -0.39 is 0 Å². The number of hydrogen-bond donors (Lipinski definition) is 2. The van der Waals surface area contributed by atoms with Gasteiger partial charge in [0.2, 0.25) is 0 Å². The zero-order valence-electron chi connectivity index (χ0n) is 17.2. The number of nitrogens with zero attached hydrogens (tertiary/aromatic N) is 3. The molecule has 1 aliphatic carbocycles. The van der Waals surface area contributed by atoms with Gasteiger partial charge < -0.3 is 5.73 Å². The predicted octanol–water partition coefficient (Wildman–Crippen LogP) is 4.78. The number of fused-ring (bicyclic) bond motifs is 3. The molecule has 6 rings (SSSR count). The molecule has 0 bridgehead atoms. The molecule has 31 heavy (non-hydrogen) atoms. The molecule has 1 fully saturated rings. The fourth-order valence-corrected chi connectivity index (χ4v) is 4.55. The first-order valence-corrected chi connectivity index (χ1v) is 10.6. The van der Waals surface area contributed by atoms with Crippen LogP contribution >= 0.6 is 0 Å². The van der Waals surface area contributed by atoms with Crippen molar-refractivity contribution in [2.24, 2.45) is 10.8 Å². The summed E-state index contributed by atoms with van der Waals surface area (Å²) in [4.78, 5) is 7.04. The second-order valence-corrected chi connectivity index (χ2v) is 8.45. The van der Waals surface area contributed by atoms with Gasteiger partial charge in [0.05, 0.1) is 11.4 Å². The first-order valence-electron chi connectivity index (χ1n) is 10.6. The summed E-state index contributed by atoms with van der Waals surface area (Å²) in [5.74, 6) is 1.56. The van der Waals surface area contributed by atoms with Crippen LogP contribution in [0.25, 0.3) is 28.5 Å². The molecule has 3 aliphatic rings. The fraction of sp³-hybridized carbons (Fsp3) is 0.154. The molecule has 0 unspecified atom stereocenters. The maximum Gasteiger partial charge on any atom is 0.168 e. The van der Waals surface area contributed by atoms with Gasteiger partial charge in [0.1, 0.15) is 5.82 Å². The number of pyridine rings is 1. The van der Waals surface area contributed by atoms with Crippen LogP contribution in [0, 0.1) is 0 Å². The lowest BCUT2D eigenvalue weighted by Crippen LogP contribution is -2.43. The van der Waals surface area contributed by atoms with Gasteiger partial charge in [-0.05, 0) is 42.5 Å². The third kappa shape index (κ3) is 2.81. The molecule has 3 N–H and O–H groups in total. The molecule has 1 aromatic heterocycles. The highest BCUT2D eigenvalue weighted by atomic mass is 15.5. The van der Waals surface area contributed by atoms with Gasteiger partial charge in [0, 0.05) is 28.4 Å². The molecule has 0 saturated heterocycles. The number of aromatic nitrogens is 1. The van der Waals surface area contributed by atoms with E-state index in [2.05, 4.69) is 71.7 Å². The van der Waals surface area contributed by atoms with E-state index in [0.717, 1.165) is 58.1 Å². The Hall–Kier alpha value is -3.70. The second kappa shape index (κ2) is 6.65. The zero-order valence-corrected chi connectivity index (χ0v) is 17.2. The lowest BCUT2D eigenvalue weighted by molar-refractivity contribution is 0.253. The van der Waals surface area contributed by atoms with E-state index >= 15 is 0 Å². The van der Waals surface area contributed by atoms with Crippen molar-refractivity contribution in [1.29, 1.82) is 0 Å². The van der Waals surface area contributed by atoms with E-state index in [1.54, 1.807) is 0 Å². The van der Waals surface area contributed by atoms with Gasteiger partial charge in [0.15, 0.2) is 5.84 Å². The van der Waals surface area contributed by atoms with Gasteiger partial charge >= 0.3 is 0 Å². The highest BCUT2D eigenvalue weighted by molar-refractivity contribution is 6.07. The molecular weight excluding hydrogens is 382 g/mol. The Bertz CT molecular complexity index is 1250. The van der Waals surface area contributed by atoms with E-state index in [1.807, 2.05) is 23.2 Å². The minimum absolute atomic E-state index is 0.160. The summed E-state index contributed by atoms with van der Waals surface area (Å²) in [5.41, 5.74) is 16.7. The van der Waals surface area contributed by atoms with Crippen molar-refractivity contribution in [3.63, 3.8) is 0 Å². The predicted molar refractivity (Wildman–Crippen MR) is 125 cm³/mol. The zero-order chi connectivity index (χ0) is 21.0. The minimum atomic E-state index is -0.160. The Labute approximate surface area is 181 Å². The fourth-order valence-electron chi connectivity index (χ4n) is 4.55. The molecule has 0 amide bonds. The van der Waals surface area contributed by atoms with Gasteiger partial charge in [-0.1, -0.05) is 61.2 Å². The molecule has 3 aromatic rings. The Morgan fingerprint density at radius 1 is 0.968 bits per heavy atom. The number of nitrogens with one attached hydrogen (secondary N) is 1. The summed E-state index contributed by atoms with van der Waals surface area (Å²) in [5, 5.41) is 4.46. The molecule has 2 aromatic carbocycles. The third-order valence-corrected chi connectivity index (χ3v) is 6.55. The molecular formula is C26H23N5. The minimum Gasteiger partial charge on any atom is -0.321 e. The second-order valence-electron chi connectivity index (χ2n) is 8.45. The standard InChI is InChI=1S/C26H23N5/c1-17-29-30-25-22-16-21(18-6-3-2-4-7-18)24(28-23(22)12-15-31(17)25)19-8-10-20(11-9-19)26(27)13-5-14-26/h2-4,6-12,15-16,29H,1,5,13-14,27H2. The SMILES string of the molecule is C=C1NN=C2c3cc(-c4ccccc4)c(-c4ccc(C5(N)CCC5)cc4)nc3C=CN12. The van der Waals surface area contributed by atoms with E-state index in [1.165, 1.54) is 12.0 Å². The molecule has 2 aliphatic heterocycles. The monoisotopic (exact) mass is 405 g/mol. The van der Waals surface area contributed by atoms with Crippen molar-refractivity contribution >= 4 is 11.9 Å². The molecule has 5 nitrogen and oxygen atoms in total. The van der Waals surface area contributed by atoms with Crippen molar-refractivity contribution in [2.75, 3.05) is 0 Å². The van der Waals surface area contributed by atoms with Gasteiger partial charge in [0.25, 0.3) is 0 Å². The van der Waals surface area contributed by atoms with Gasteiger partial charge in [-0.3, -0.25) is 10.3 Å². The highest BCUT2D eigenvalue weighted by Crippen LogP contribution is 2.40. The van der Waals surface area contributed by atoms with Crippen LogP contribution in [0.4, 0.5) is 0 Å². The first kappa shape index (κ1) is 18.1. The van der Waals surface area contributed by atoms with Gasteiger partial charge in [-0.25, -0.2) is 4.98 Å². The summed E-state index contributed by atoms with van der Waals surface area (Å²) in [6, 6.07) is 21.2. The van der Waals surface area contributed by atoms with Crippen molar-refractivity contribution in [1.82, 2.24) is 15.3 Å².